The molecule has 3 aliphatic rings. The Labute approximate surface area is 128 Å². The second-order valence-electron chi connectivity index (χ2n) is 7.64. The van der Waals surface area contributed by atoms with Crippen molar-refractivity contribution in [2.75, 3.05) is 13.1 Å². The molecule has 2 fully saturated rings. The number of hydrogen-bond acceptors (Lipinski definition) is 2. The summed E-state index contributed by atoms with van der Waals surface area (Å²) in [6, 6.07) is 10.5. The fourth-order valence-corrected chi connectivity index (χ4v) is 4.60. The van der Waals surface area contributed by atoms with Crippen molar-refractivity contribution in [1.29, 1.82) is 0 Å². The third kappa shape index (κ3) is 2.43. The highest BCUT2D eigenvalue weighted by molar-refractivity contribution is 5.33. The minimum absolute atomic E-state index is 0.362. The van der Waals surface area contributed by atoms with Gasteiger partial charge in [-0.25, -0.2) is 0 Å². The molecule has 0 radical (unpaired) electrons. The molecule has 0 spiro atoms. The molecular weight excluding hydrogens is 256 g/mol. The summed E-state index contributed by atoms with van der Waals surface area (Å²) in [5, 5.41) is 3.89. The highest BCUT2D eigenvalue weighted by Crippen LogP contribution is 2.42. The maximum atomic E-state index is 3.89. The van der Waals surface area contributed by atoms with E-state index in [1.54, 1.807) is 11.1 Å². The van der Waals surface area contributed by atoms with Crippen molar-refractivity contribution in [2.45, 2.75) is 63.6 Å². The van der Waals surface area contributed by atoms with Crippen LogP contribution in [0, 0.1) is 5.92 Å². The molecule has 2 unspecified atom stereocenters. The van der Waals surface area contributed by atoms with Gasteiger partial charge < -0.3 is 5.32 Å². The summed E-state index contributed by atoms with van der Waals surface area (Å²) in [7, 11) is 0. The first-order valence-electron chi connectivity index (χ1n) is 8.77. The molecule has 0 aromatic heterocycles. The zero-order valence-corrected chi connectivity index (χ0v) is 13.4. The van der Waals surface area contributed by atoms with Crippen molar-refractivity contribution in [3.63, 3.8) is 0 Å². The largest absolute Gasteiger partial charge is 0.308 e. The summed E-state index contributed by atoms with van der Waals surface area (Å²) in [5.74, 6) is 0.918. The van der Waals surface area contributed by atoms with Gasteiger partial charge in [-0.1, -0.05) is 31.2 Å². The second-order valence-corrected chi connectivity index (χ2v) is 7.64. The van der Waals surface area contributed by atoms with Gasteiger partial charge in [-0.2, -0.15) is 0 Å². The lowest BCUT2D eigenvalue weighted by Crippen LogP contribution is -2.66. The van der Waals surface area contributed by atoms with Gasteiger partial charge in [0, 0.05) is 30.7 Å². The third-order valence-corrected chi connectivity index (χ3v) is 6.17. The Morgan fingerprint density at radius 3 is 2.43 bits per heavy atom. The average molecular weight is 284 g/mol. The number of rotatable bonds is 3. The molecule has 1 N–H and O–H groups in total. The van der Waals surface area contributed by atoms with Gasteiger partial charge in [0.05, 0.1) is 0 Å². The summed E-state index contributed by atoms with van der Waals surface area (Å²) in [6.07, 6.45) is 6.64. The molecule has 0 amide bonds. The van der Waals surface area contributed by atoms with Crippen molar-refractivity contribution in [3.05, 3.63) is 35.4 Å². The molecule has 1 heterocycles. The summed E-state index contributed by atoms with van der Waals surface area (Å²) in [6.45, 7) is 7.23. The molecule has 1 saturated carbocycles. The molecule has 1 saturated heterocycles. The van der Waals surface area contributed by atoms with Crippen LogP contribution in [0.4, 0.5) is 0 Å². The van der Waals surface area contributed by atoms with E-state index in [0.717, 1.165) is 18.0 Å². The SMILES string of the molecule is CCC1CNC(C)(C2CC2)CN1C1Cc2ccccc2C1. The van der Waals surface area contributed by atoms with Gasteiger partial charge in [0.1, 0.15) is 0 Å². The number of piperazine rings is 1. The number of nitrogens with zero attached hydrogens (tertiary/aromatic N) is 1. The first-order chi connectivity index (χ1) is 10.2. The fourth-order valence-electron chi connectivity index (χ4n) is 4.60. The number of fused-ring (bicyclic) bond motifs is 1. The van der Waals surface area contributed by atoms with Gasteiger partial charge in [0.2, 0.25) is 0 Å². The van der Waals surface area contributed by atoms with Crippen LogP contribution in [0.2, 0.25) is 0 Å². The van der Waals surface area contributed by atoms with E-state index in [2.05, 4.69) is 48.3 Å². The van der Waals surface area contributed by atoms with E-state index in [-0.39, 0.29) is 0 Å². The van der Waals surface area contributed by atoms with Crippen molar-refractivity contribution in [2.24, 2.45) is 5.92 Å². The first-order valence-corrected chi connectivity index (χ1v) is 8.77. The van der Waals surface area contributed by atoms with E-state index in [4.69, 9.17) is 0 Å². The van der Waals surface area contributed by atoms with Crippen molar-refractivity contribution >= 4 is 0 Å². The van der Waals surface area contributed by atoms with Gasteiger partial charge >= 0.3 is 0 Å². The molecule has 0 bridgehead atoms. The zero-order chi connectivity index (χ0) is 14.4. The molecule has 1 aromatic rings. The first kappa shape index (κ1) is 13.8. The van der Waals surface area contributed by atoms with E-state index in [9.17, 15) is 0 Å². The zero-order valence-electron chi connectivity index (χ0n) is 13.4. The van der Waals surface area contributed by atoms with Crippen LogP contribution >= 0.6 is 0 Å². The summed E-state index contributed by atoms with van der Waals surface area (Å²) >= 11 is 0. The monoisotopic (exact) mass is 284 g/mol. The van der Waals surface area contributed by atoms with E-state index in [1.165, 1.54) is 45.2 Å². The standard InChI is InChI=1S/C19H28N2/c1-3-17-12-20-19(2,16-8-9-16)13-21(17)18-10-14-6-4-5-7-15(14)11-18/h4-7,16-18,20H,3,8-13H2,1-2H3. The van der Waals surface area contributed by atoms with Crippen LogP contribution < -0.4 is 5.32 Å². The van der Waals surface area contributed by atoms with Gasteiger partial charge in [-0.05, 0) is 56.1 Å². The minimum Gasteiger partial charge on any atom is -0.308 e. The summed E-state index contributed by atoms with van der Waals surface area (Å²) < 4.78 is 0. The number of benzene rings is 1. The van der Waals surface area contributed by atoms with Crippen LogP contribution in [-0.2, 0) is 12.8 Å². The molecule has 2 nitrogen and oxygen atoms in total. The molecule has 2 heteroatoms. The summed E-state index contributed by atoms with van der Waals surface area (Å²) in [5.41, 5.74) is 3.54. The van der Waals surface area contributed by atoms with Crippen molar-refractivity contribution < 1.29 is 0 Å². The lowest BCUT2D eigenvalue weighted by atomic mass is 9.89. The van der Waals surface area contributed by atoms with Crippen LogP contribution in [0.25, 0.3) is 0 Å². The molecule has 21 heavy (non-hydrogen) atoms. The molecular formula is C19H28N2. The Bertz CT molecular complexity index is 497. The highest BCUT2D eigenvalue weighted by atomic mass is 15.3. The quantitative estimate of drug-likeness (QED) is 0.918. The third-order valence-electron chi connectivity index (χ3n) is 6.17. The lowest BCUT2D eigenvalue weighted by Gasteiger charge is -2.49. The maximum absolute atomic E-state index is 3.89. The highest BCUT2D eigenvalue weighted by Gasteiger charge is 2.47. The number of nitrogens with one attached hydrogen (secondary N) is 1. The van der Waals surface area contributed by atoms with E-state index in [1.807, 2.05) is 0 Å². The Morgan fingerprint density at radius 1 is 1.19 bits per heavy atom. The van der Waals surface area contributed by atoms with Crippen LogP contribution in [0.15, 0.2) is 24.3 Å². The van der Waals surface area contributed by atoms with Crippen LogP contribution in [0.5, 0.6) is 0 Å². The smallest absolute Gasteiger partial charge is 0.0309 e. The van der Waals surface area contributed by atoms with Gasteiger partial charge in [-0.15, -0.1) is 0 Å². The van der Waals surface area contributed by atoms with Crippen LogP contribution in [-0.4, -0.2) is 35.6 Å². The van der Waals surface area contributed by atoms with Crippen LogP contribution in [0.1, 0.15) is 44.2 Å². The molecule has 2 atom stereocenters. The molecule has 4 rings (SSSR count). The van der Waals surface area contributed by atoms with Crippen molar-refractivity contribution in [3.8, 4) is 0 Å². The number of hydrogen-bond donors (Lipinski definition) is 1. The van der Waals surface area contributed by atoms with E-state index >= 15 is 0 Å². The van der Waals surface area contributed by atoms with Gasteiger partial charge in [0.25, 0.3) is 0 Å². The summed E-state index contributed by atoms with van der Waals surface area (Å²) in [4.78, 5) is 2.86. The molecule has 2 aliphatic carbocycles. The average Bonchev–Trinajstić information content (AvgIpc) is 3.27. The van der Waals surface area contributed by atoms with E-state index in [0.29, 0.717) is 5.54 Å². The molecule has 1 aromatic carbocycles. The van der Waals surface area contributed by atoms with E-state index < -0.39 is 0 Å². The Hall–Kier alpha value is -0.860. The van der Waals surface area contributed by atoms with Crippen molar-refractivity contribution in [1.82, 2.24) is 10.2 Å². The predicted octanol–water partition coefficient (Wildman–Crippen LogP) is 3.01. The second kappa shape index (κ2) is 5.10. The topological polar surface area (TPSA) is 15.3 Å². The molecule has 114 valence electrons. The van der Waals surface area contributed by atoms with Gasteiger partial charge in [0.15, 0.2) is 0 Å². The Morgan fingerprint density at radius 2 is 1.86 bits per heavy atom. The maximum Gasteiger partial charge on any atom is 0.0309 e. The molecule has 1 aliphatic heterocycles. The Balaban J connectivity index is 1.54. The Kier molecular flexibility index (Phi) is 3.35. The lowest BCUT2D eigenvalue weighted by molar-refractivity contribution is 0.0396. The normalized spacial score (nSPS) is 34.1. The van der Waals surface area contributed by atoms with Crippen LogP contribution in [0.3, 0.4) is 0 Å². The van der Waals surface area contributed by atoms with Gasteiger partial charge in [-0.3, -0.25) is 4.90 Å². The minimum atomic E-state index is 0.362. The fraction of sp³-hybridized carbons (Fsp3) is 0.684. The predicted molar refractivity (Wildman–Crippen MR) is 87.6 cm³/mol.